The Bertz CT molecular complexity index is 264. The van der Waals surface area contributed by atoms with Gasteiger partial charge in [-0.2, -0.15) is 0 Å². The van der Waals surface area contributed by atoms with Crippen molar-refractivity contribution < 1.29 is 9.90 Å². The van der Waals surface area contributed by atoms with E-state index in [0.717, 1.165) is 5.57 Å². The molecule has 1 N–H and O–H groups in total. The van der Waals surface area contributed by atoms with Gasteiger partial charge in [0.1, 0.15) is 0 Å². The number of carboxylic acid groups (broad SMARTS) is 1. The summed E-state index contributed by atoms with van der Waals surface area (Å²) < 4.78 is 0. The third-order valence-electron chi connectivity index (χ3n) is 2.25. The Morgan fingerprint density at radius 1 is 1.62 bits per heavy atom. The van der Waals surface area contributed by atoms with Gasteiger partial charge in [0.25, 0.3) is 0 Å². The molecule has 0 aromatic heterocycles. The van der Waals surface area contributed by atoms with Gasteiger partial charge in [-0.25, -0.2) is 4.79 Å². The summed E-state index contributed by atoms with van der Waals surface area (Å²) in [5, 5.41) is 8.66. The summed E-state index contributed by atoms with van der Waals surface area (Å²) in [5.74, 6) is -0.946. The number of aliphatic carboxylic acids is 1. The van der Waals surface area contributed by atoms with E-state index in [1.807, 2.05) is 13.2 Å². The second kappa shape index (κ2) is 3.64. The smallest absolute Gasteiger partial charge is 0.335 e. The Morgan fingerprint density at radius 2 is 2.15 bits per heavy atom. The van der Waals surface area contributed by atoms with Crippen molar-refractivity contribution in [2.24, 2.45) is 0 Å². The summed E-state index contributed by atoms with van der Waals surface area (Å²) in [5.41, 5.74) is 0.898. The maximum atomic E-state index is 10.5. The summed E-state index contributed by atoms with van der Waals surface area (Å²) >= 11 is 0. The summed E-state index contributed by atoms with van der Waals surface area (Å²) in [6, 6.07) is 0.608. The Balaban J connectivity index is 2.58. The molecule has 3 heteroatoms. The monoisotopic (exact) mass is 181 g/mol. The molecule has 0 unspecified atom stereocenters. The van der Waals surface area contributed by atoms with E-state index in [1.165, 1.54) is 12.8 Å². The van der Waals surface area contributed by atoms with E-state index in [1.54, 1.807) is 6.92 Å². The van der Waals surface area contributed by atoms with Gasteiger partial charge in [-0.05, 0) is 25.3 Å². The van der Waals surface area contributed by atoms with Crippen LogP contribution in [0, 0.1) is 0 Å². The first-order valence-electron chi connectivity index (χ1n) is 4.35. The van der Waals surface area contributed by atoms with E-state index >= 15 is 0 Å². The van der Waals surface area contributed by atoms with Gasteiger partial charge in [-0.15, -0.1) is 0 Å². The predicted molar refractivity (Wildman–Crippen MR) is 51.3 cm³/mol. The van der Waals surface area contributed by atoms with Crippen LogP contribution in [0.5, 0.6) is 0 Å². The molecule has 72 valence electrons. The molecular weight excluding hydrogens is 166 g/mol. The van der Waals surface area contributed by atoms with Crippen molar-refractivity contribution >= 4 is 5.97 Å². The van der Waals surface area contributed by atoms with E-state index in [-0.39, 0.29) is 5.57 Å². The molecule has 3 nitrogen and oxygen atoms in total. The zero-order valence-electron chi connectivity index (χ0n) is 8.08. The van der Waals surface area contributed by atoms with Gasteiger partial charge in [-0.3, -0.25) is 0 Å². The Hall–Kier alpha value is -1.25. The highest BCUT2D eigenvalue weighted by atomic mass is 16.4. The molecule has 0 bridgehead atoms. The van der Waals surface area contributed by atoms with Gasteiger partial charge in [-0.1, -0.05) is 6.58 Å². The highest BCUT2D eigenvalue weighted by molar-refractivity contribution is 5.90. The fourth-order valence-electron chi connectivity index (χ4n) is 1.14. The van der Waals surface area contributed by atoms with Crippen molar-refractivity contribution in [1.29, 1.82) is 0 Å². The van der Waals surface area contributed by atoms with Crippen molar-refractivity contribution in [3.05, 3.63) is 23.9 Å². The van der Waals surface area contributed by atoms with Crippen LogP contribution in [0.4, 0.5) is 0 Å². The maximum absolute atomic E-state index is 10.5. The molecule has 13 heavy (non-hydrogen) atoms. The first kappa shape index (κ1) is 9.84. The molecule has 0 atom stereocenters. The molecule has 0 spiro atoms. The van der Waals surface area contributed by atoms with Crippen LogP contribution >= 0.6 is 0 Å². The molecule has 1 saturated carbocycles. The number of carboxylic acids is 1. The molecule has 1 aliphatic rings. The zero-order chi connectivity index (χ0) is 10.0. The molecule has 0 saturated heterocycles. The van der Waals surface area contributed by atoms with Crippen molar-refractivity contribution in [1.82, 2.24) is 4.90 Å². The van der Waals surface area contributed by atoms with Gasteiger partial charge < -0.3 is 10.0 Å². The van der Waals surface area contributed by atoms with Crippen LogP contribution in [0.3, 0.4) is 0 Å². The van der Waals surface area contributed by atoms with Crippen LogP contribution in [0.25, 0.3) is 0 Å². The fourth-order valence-corrected chi connectivity index (χ4v) is 1.14. The second-order valence-electron chi connectivity index (χ2n) is 3.49. The zero-order valence-corrected chi connectivity index (χ0v) is 8.08. The highest BCUT2D eigenvalue weighted by Crippen LogP contribution is 2.26. The molecule has 1 rings (SSSR count). The van der Waals surface area contributed by atoms with E-state index in [4.69, 9.17) is 5.11 Å². The van der Waals surface area contributed by atoms with E-state index < -0.39 is 5.97 Å². The quantitative estimate of drug-likeness (QED) is 0.529. The molecular formula is C10H15NO2. The number of hydrogen-bond acceptors (Lipinski definition) is 2. The Kier molecular flexibility index (Phi) is 2.76. The predicted octanol–water partition coefficient (Wildman–Crippen LogP) is 1.63. The molecule has 0 radical (unpaired) electrons. The maximum Gasteiger partial charge on any atom is 0.335 e. The summed E-state index contributed by atoms with van der Waals surface area (Å²) in [7, 11) is 1.97. The average molecular weight is 181 g/mol. The lowest BCUT2D eigenvalue weighted by atomic mass is 10.1. The SMILES string of the molecule is C=C(C(=O)O)/C(C)=C\N(C)C1CC1. The van der Waals surface area contributed by atoms with Crippen LogP contribution in [0.15, 0.2) is 23.9 Å². The van der Waals surface area contributed by atoms with Gasteiger partial charge in [0.15, 0.2) is 0 Å². The second-order valence-corrected chi connectivity index (χ2v) is 3.49. The molecule has 0 aliphatic heterocycles. The molecule has 0 aromatic rings. The van der Waals surface area contributed by atoms with Crippen LogP contribution in [-0.2, 0) is 4.79 Å². The molecule has 1 fully saturated rings. The van der Waals surface area contributed by atoms with Gasteiger partial charge >= 0.3 is 5.97 Å². The standard InChI is InChI=1S/C10H15NO2/c1-7(8(2)10(12)13)6-11(3)9-4-5-9/h6,9H,2,4-5H2,1,3H3,(H,12,13)/b7-6-. The van der Waals surface area contributed by atoms with Crippen molar-refractivity contribution in [2.45, 2.75) is 25.8 Å². The van der Waals surface area contributed by atoms with Crippen molar-refractivity contribution in [3.8, 4) is 0 Å². The number of rotatable bonds is 4. The van der Waals surface area contributed by atoms with Gasteiger partial charge in [0.2, 0.25) is 0 Å². The highest BCUT2D eigenvalue weighted by Gasteiger charge is 2.24. The lowest BCUT2D eigenvalue weighted by molar-refractivity contribution is -0.132. The van der Waals surface area contributed by atoms with Crippen molar-refractivity contribution in [3.63, 3.8) is 0 Å². The number of hydrogen-bond donors (Lipinski definition) is 1. The first-order valence-corrected chi connectivity index (χ1v) is 4.35. The van der Waals surface area contributed by atoms with Gasteiger partial charge in [0.05, 0.1) is 5.57 Å². The topological polar surface area (TPSA) is 40.5 Å². The van der Waals surface area contributed by atoms with E-state index in [2.05, 4.69) is 11.5 Å². The van der Waals surface area contributed by atoms with Crippen molar-refractivity contribution in [2.75, 3.05) is 7.05 Å². The Morgan fingerprint density at radius 3 is 2.54 bits per heavy atom. The van der Waals surface area contributed by atoms with Crippen LogP contribution in [0.2, 0.25) is 0 Å². The minimum absolute atomic E-state index is 0.174. The number of carbonyl (C=O) groups is 1. The normalized spacial score (nSPS) is 16.9. The third kappa shape index (κ3) is 2.61. The summed E-state index contributed by atoms with van der Waals surface area (Å²) in [4.78, 5) is 12.6. The minimum Gasteiger partial charge on any atom is -0.478 e. The summed E-state index contributed by atoms with van der Waals surface area (Å²) in [6.45, 7) is 5.27. The largest absolute Gasteiger partial charge is 0.478 e. The Labute approximate surface area is 78.4 Å². The van der Waals surface area contributed by atoms with Crippen LogP contribution < -0.4 is 0 Å². The van der Waals surface area contributed by atoms with Crippen LogP contribution in [-0.4, -0.2) is 29.1 Å². The lowest BCUT2D eigenvalue weighted by Crippen LogP contribution is -2.14. The summed E-state index contributed by atoms with van der Waals surface area (Å²) in [6.07, 6.45) is 4.27. The molecule has 1 aliphatic carbocycles. The molecule has 0 heterocycles. The average Bonchev–Trinajstić information content (AvgIpc) is 2.84. The number of nitrogens with zero attached hydrogens (tertiary/aromatic N) is 1. The minimum atomic E-state index is -0.946. The van der Waals surface area contributed by atoms with Crippen LogP contribution in [0.1, 0.15) is 19.8 Å². The van der Waals surface area contributed by atoms with E-state index in [0.29, 0.717) is 6.04 Å². The molecule has 0 aromatic carbocycles. The molecule has 0 amide bonds. The fraction of sp³-hybridized carbons (Fsp3) is 0.500. The van der Waals surface area contributed by atoms with E-state index in [9.17, 15) is 4.79 Å². The lowest BCUT2D eigenvalue weighted by Gasteiger charge is -2.14. The third-order valence-corrected chi connectivity index (χ3v) is 2.25. The first-order chi connectivity index (χ1) is 6.02. The van der Waals surface area contributed by atoms with Gasteiger partial charge in [0, 0.05) is 19.3 Å².